The van der Waals surface area contributed by atoms with Crippen LogP contribution in [0, 0.1) is 0 Å². The first-order valence-electron chi connectivity index (χ1n) is 9.77. The predicted octanol–water partition coefficient (Wildman–Crippen LogP) is 2.97. The summed E-state index contributed by atoms with van der Waals surface area (Å²) in [5, 5.41) is 15.8. The van der Waals surface area contributed by atoms with E-state index in [9.17, 15) is 5.11 Å². The molecule has 1 aliphatic carbocycles. The van der Waals surface area contributed by atoms with Crippen molar-refractivity contribution in [2.24, 2.45) is 0 Å². The van der Waals surface area contributed by atoms with E-state index < -0.39 is 0 Å². The van der Waals surface area contributed by atoms with Crippen LogP contribution >= 0.6 is 0 Å². The molecule has 0 atom stereocenters. The maximum atomic E-state index is 10.1. The average Bonchev–Trinajstić information content (AvgIpc) is 3.38. The number of rotatable bonds is 3. The third kappa shape index (κ3) is 2.87. The third-order valence-corrected chi connectivity index (χ3v) is 5.84. The van der Waals surface area contributed by atoms with Crippen LogP contribution in [0.3, 0.4) is 0 Å². The van der Waals surface area contributed by atoms with Crippen LogP contribution in [-0.2, 0) is 0 Å². The lowest BCUT2D eigenvalue weighted by molar-refractivity contribution is 0.472. The van der Waals surface area contributed by atoms with Gasteiger partial charge in [0.25, 0.3) is 0 Å². The molecule has 7 heteroatoms. The van der Waals surface area contributed by atoms with Crippen molar-refractivity contribution in [3.8, 4) is 5.75 Å². The summed E-state index contributed by atoms with van der Waals surface area (Å²) in [5.74, 6) is 1.31. The van der Waals surface area contributed by atoms with Crippen LogP contribution in [0.1, 0.15) is 31.7 Å². The summed E-state index contributed by atoms with van der Waals surface area (Å²) in [7, 11) is 0. The minimum atomic E-state index is 0.341. The lowest BCUT2D eigenvalue weighted by Gasteiger charge is -2.37. The van der Waals surface area contributed by atoms with Gasteiger partial charge < -0.3 is 14.9 Å². The summed E-state index contributed by atoms with van der Waals surface area (Å²) in [6, 6.07) is 8.01. The molecule has 1 saturated carbocycles. The molecule has 3 aromatic rings. The minimum Gasteiger partial charge on any atom is -0.506 e. The van der Waals surface area contributed by atoms with Crippen LogP contribution in [0.4, 0.5) is 11.5 Å². The molecule has 2 aliphatic rings. The summed E-state index contributed by atoms with van der Waals surface area (Å²) in [4.78, 5) is 13.6. The van der Waals surface area contributed by atoms with Crippen molar-refractivity contribution in [3.05, 3.63) is 36.8 Å². The van der Waals surface area contributed by atoms with Crippen molar-refractivity contribution in [2.45, 2.75) is 31.7 Å². The zero-order valence-corrected chi connectivity index (χ0v) is 15.3. The minimum absolute atomic E-state index is 0.341. The van der Waals surface area contributed by atoms with Crippen LogP contribution in [0.2, 0.25) is 0 Å². The molecule has 27 heavy (non-hydrogen) atoms. The molecule has 0 amide bonds. The molecule has 2 aromatic heterocycles. The normalized spacial score (nSPS) is 18.5. The first kappa shape index (κ1) is 16.4. The van der Waals surface area contributed by atoms with E-state index in [1.165, 1.54) is 25.7 Å². The quantitative estimate of drug-likeness (QED) is 0.770. The molecule has 140 valence electrons. The Labute approximate surface area is 158 Å². The van der Waals surface area contributed by atoms with Gasteiger partial charge in [0.05, 0.1) is 23.3 Å². The van der Waals surface area contributed by atoms with E-state index in [0.717, 1.165) is 48.7 Å². The lowest BCUT2D eigenvalue weighted by atomic mass is 10.2. The number of benzene rings is 1. The van der Waals surface area contributed by atoms with Crippen molar-refractivity contribution in [1.82, 2.24) is 19.7 Å². The Bertz CT molecular complexity index is 941. The fourth-order valence-corrected chi connectivity index (χ4v) is 4.41. The van der Waals surface area contributed by atoms with Crippen LogP contribution in [0.25, 0.3) is 11.0 Å². The van der Waals surface area contributed by atoms with Crippen LogP contribution in [0.5, 0.6) is 5.75 Å². The van der Waals surface area contributed by atoms with E-state index in [1.54, 1.807) is 12.4 Å². The highest BCUT2D eigenvalue weighted by Crippen LogP contribution is 2.33. The van der Waals surface area contributed by atoms with Crippen molar-refractivity contribution in [2.75, 3.05) is 36.0 Å². The standard InChI is InChI=1S/C20H24N6O/c27-18-8-4-3-7-17(18)24-9-11-25(12-10-24)19-16-13-23-26(15-5-1-2-6-15)20(16)22-14-21-19/h3-4,7-8,13-15,27H,1-2,5-6,9-12H2. The Kier molecular flexibility index (Phi) is 4.07. The molecule has 7 nitrogen and oxygen atoms in total. The van der Waals surface area contributed by atoms with E-state index >= 15 is 0 Å². The van der Waals surface area contributed by atoms with E-state index in [2.05, 4.69) is 29.5 Å². The van der Waals surface area contributed by atoms with Gasteiger partial charge in [-0.05, 0) is 25.0 Å². The molecule has 0 spiro atoms. The topological polar surface area (TPSA) is 70.3 Å². The van der Waals surface area contributed by atoms with Gasteiger partial charge in [-0.2, -0.15) is 5.10 Å². The number of anilines is 2. The largest absolute Gasteiger partial charge is 0.506 e. The van der Waals surface area contributed by atoms with E-state index in [4.69, 9.17) is 0 Å². The second-order valence-corrected chi connectivity index (χ2v) is 7.42. The number of nitrogens with zero attached hydrogens (tertiary/aromatic N) is 6. The smallest absolute Gasteiger partial charge is 0.163 e. The van der Waals surface area contributed by atoms with Crippen LogP contribution in [0.15, 0.2) is 36.8 Å². The maximum Gasteiger partial charge on any atom is 0.163 e. The van der Waals surface area contributed by atoms with Gasteiger partial charge in [-0.15, -0.1) is 0 Å². The lowest BCUT2D eigenvalue weighted by Crippen LogP contribution is -2.46. The first-order valence-corrected chi connectivity index (χ1v) is 9.77. The number of fused-ring (bicyclic) bond motifs is 1. The number of hydrogen-bond acceptors (Lipinski definition) is 6. The van der Waals surface area contributed by atoms with Gasteiger partial charge >= 0.3 is 0 Å². The number of aromatic nitrogens is 4. The highest BCUT2D eigenvalue weighted by atomic mass is 16.3. The number of hydrogen-bond donors (Lipinski definition) is 1. The Morgan fingerprint density at radius 3 is 2.44 bits per heavy atom. The molecule has 0 bridgehead atoms. The molecule has 1 aliphatic heterocycles. The second kappa shape index (κ2) is 6.72. The molecule has 0 unspecified atom stereocenters. The number of para-hydroxylation sites is 2. The maximum absolute atomic E-state index is 10.1. The Morgan fingerprint density at radius 2 is 1.67 bits per heavy atom. The van der Waals surface area contributed by atoms with Crippen molar-refractivity contribution in [3.63, 3.8) is 0 Å². The number of phenolic OH excluding ortho intramolecular Hbond substituents is 1. The van der Waals surface area contributed by atoms with Gasteiger partial charge in [-0.1, -0.05) is 25.0 Å². The SMILES string of the molecule is Oc1ccccc1N1CCN(c2ncnc3c2cnn3C2CCCC2)CC1. The van der Waals surface area contributed by atoms with Crippen LogP contribution < -0.4 is 9.80 Å². The second-order valence-electron chi connectivity index (χ2n) is 7.42. The van der Waals surface area contributed by atoms with Gasteiger partial charge in [0, 0.05) is 26.2 Å². The number of phenols is 1. The number of aromatic hydroxyl groups is 1. The van der Waals surface area contributed by atoms with Gasteiger partial charge in [0.1, 0.15) is 17.9 Å². The van der Waals surface area contributed by atoms with Gasteiger partial charge in [0.15, 0.2) is 5.65 Å². The highest BCUT2D eigenvalue weighted by molar-refractivity contribution is 5.87. The van der Waals surface area contributed by atoms with E-state index in [-0.39, 0.29) is 0 Å². The summed E-state index contributed by atoms with van der Waals surface area (Å²) >= 11 is 0. The molecule has 0 radical (unpaired) electrons. The Morgan fingerprint density at radius 1 is 0.926 bits per heavy atom. The zero-order chi connectivity index (χ0) is 18.2. The summed E-state index contributed by atoms with van der Waals surface area (Å²) in [5.41, 5.74) is 1.86. The highest BCUT2D eigenvalue weighted by Gasteiger charge is 2.25. The molecule has 1 aromatic carbocycles. The number of piperazine rings is 1. The van der Waals surface area contributed by atoms with Crippen molar-refractivity contribution < 1.29 is 5.11 Å². The van der Waals surface area contributed by atoms with E-state index in [1.807, 2.05) is 24.4 Å². The van der Waals surface area contributed by atoms with Crippen molar-refractivity contribution >= 4 is 22.5 Å². The summed E-state index contributed by atoms with van der Waals surface area (Å²) in [6.45, 7) is 3.41. The van der Waals surface area contributed by atoms with Gasteiger partial charge in [-0.25, -0.2) is 14.6 Å². The molecular formula is C20H24N6O. The summed E-state index contributed by atoms with van der Waals surface area (Å²) in [6.07, 6.45) is 8.53. The fourth-order valence-electron chi connectivity index (χ4n) is 4.41. The predicted molar refractivity (Wildman–Crippen MR) is 105 cm³/mol. The van der Waals surface area contributed by atoms with E-state index in [0.29, 0.717) is 11.8 Å². The van der Waals surface area contributed by atoms with Gasteiger partial charge in [0.2, 0.25) is 0 Å². The zero-order valence-electron chi connectivity index (χ0n) is 15.3. The molecule has 1 saturated heterocycles. The molecule has 5 rings (SSSR count). The summed E-state index contributed by atoms with van der Waals surface area (Å²) < 4.78 is 2.10. The Hall–Kier alpha value is -2.83. The van der Waals surface area contributed by atoms with Crippen molar-refractivity contribution in [1.29, 1.82) is 0 Å². The molecule has 1 N–H and O–H groups in total. The van der Waals surface area contributed by atoms with Crippen LogP contribution in [-0.4, -0.2) is 51.0 Å². The molecule has 2 fully saturated rings. The first-order chi connectivity index (χ1) is 13.3. The third-order valence-electron chi connectivity index (χ3n) is 5.84. The average molecular weight is 364 g/mol. The monoisotopic (exact) mass is 364 g/mol. The molecule has 3 heterocycles. The molecular weight excluding hydrogens is 340 g/mol. The fraction of sp³-hybridized carbons (Fsp3) is 0.450. The van der Waals surface area contributed by atoms with Gasteiger partial charge in [-0.3, -0.25) is 0 Å². The Balaban J connectivity index is 1.38.